The van der Waals surface area contributed by atoms with Crippen LogP contribution in [0.1, 0.15) is 25.8 Å². The van der Waals surface area contributed by atoms with E-state index in [4.69, 9.17) is 10.4 Å². The van der Waals surface area contributed by atoms with E-state index in [-0.39, 0.29) is 5.92 Å². The molecule has 0 saturated carbocycles. The van der Waals surface area contributed by atoms with Crippen LogP contribution in [0, 0.1) is 17.2 Å². The van der Waals surface area contributed by atoms with Crippen molar-refractivity contribution in [1.82, 2.24) is 5.32 Å². The molecule has 1 atom stereocenters. The van der Waals surface area contributed by atoms with Gasteiger partial charge in [-0.25, -0.2) is 9.59 Å². The lowest BCUT2D eigenvalue weighted by Gasteiger charge is -2.17. The highest BCUT2D eigenvalue weighted by Gasteiger charge is 2.21. The van der Waals surface area contributed by atoms with Gasteiger partial charge in [-0.1, -0.05) is 26.0 Å². The maximum atomic E-state index is 11.8. The molecular formula is C14H17N3O3. The molecule has 1 aromatic rings. The van der Waals surface area contributed by atoms with Crippen LogP contribution in [0.4, 0.5) is 10.5 Å². The average molecular weight is 275 g/mol. The van der Waals surface area contributed by atoms with E-state index in [1.165, 1.54) is 0 Å². The number of urea groups is 1. The Balaban J connectivity index is 2.71. The number of amides is 2. The number of carbonyl (C=O) groups is 2. The van der Waals surface area contributed by atoms with Crippen LogP contribution in [-0.2, 0) is 4.79 Å². The molecule has 0 aliphatic carbocycles. The molecule has 0 spiro atoms. The fourth-order valence-electron chi connectivity index (χ4n) is 1.70. The van der Waals surface area contributed by atoms with Gasteiger partial charge in [0.1, 0.15) is 12.1 Å². The molecule has 106 valence electrons. The van der Waals surface area contributed by atoms with Crippen molar-refractivity contribution in [3.63, 3.8) is 0 Å². The number of anilines is 1. The van der Waals surface area contributed by atoms with E-state index in [1.807, 2.05) is 19.9 Å². The summed E-state index contributed by atoms with van der Waals surface area (Å²) in [7, 11) is 0. The van der Waals surface area contributed by atoms with Gasteiger partial charge in [-0.3, -0.25) is 0 Å². The first-order valence-electron chi connectivity index (χ1n) is 6.23. The molecule has 0 aliphatic heterocycles. The number of nitrogens with zero attached hydrogens (tertiary/aromatic N) is 1. The molecule has 1 aromatic carbocycles. The third kappa shape index (κ3) is 4.61. The van der Waals surface area contributed by atoms with Crippen LogP contribution in [0.5, 0.6) is 0 Å². The van der Waals surface area contributed by atoms with Crippen LogP contribution < -0.4 is 10.6 Å². The van der Waals surface area contributed by atoms with Gasteiger partial charge >= 0.3 is 12.0 Å². The lowest BCUT2D eigenvalue weighted by molar-refractivity contribution is -0.139. The third-order valence-electron chi connectivity index (χ3n) is 2.61. The number of hydrogen-bond donors (Lipinski definition) is 3. The van der Waals surface area contributed by atoms with E-state index in [0.717, 1.165) is 0 Å². The Morgan fingerprint density at radius 3 is 2.55 bits per heavy atom. The summed E-state index contributed by atoms with van der Waals surface area (Å²) in [6.45, 7) is 3.75. The minimum absolute atomic E-state index is 0.141. The number of para-hydroxylation sites is 1. The molecule has 6 heteroatoms. The van der Waals surface area contributed by atoms with Gasteiger partial charge in [-0.15, -0.1) is 0 Å². The van der Waals surface area contributed by atoms with Gasteiger partial charge in [-0.05, 0) is 24.5 Å². The monoisotopic (exact) mass is 275 g/mol. The Morgan fingerprint density at radius 1 is 1.35 bits per heavy atom. The summed E-state index contributed by atoms with van der Waals surface area (Å²) in [4.78, 5) is 22.8. The topological polar surface area (TPSA) is 102 Å². The summed E-state index contributed by atoms with van der Waals surface area (Å²) >= 11 is 0. The molecule has 6 nitrogen and oxygen atoms in total. The van der Waals surface area contributed by atoms with Crippen molar-refractivity contribution in [2.45, 2.75) is 26.3 Å². The van der Waals surface area contributed by atoms with Gasteiger partial charge < -0.3 is 15.7 Å². The number of rotatable bonds is 5. The molecule has 20 heavy (non-hydrogen) atoms. The zero-order valence-corrected chi connectivity index (χ0v) is 11.4. The molecule has 3 N–H and O–H groups in total. The molecule has 1 rings (SSSR count). The highest BCUT2D eigenvalue weighted by atomic mass is 16.4. The van der Waals surface area contributed by atoms with Crippen molar-refractivity contribution in [3.05, 3.63) is 29.8 Å². The predicted molar refractivity (Wildman–Crippen MR) is 74.2 cm³/mol. The first kappa shape index (κ1) is 15.5. The first-order valence-corrected chi connectivity index (χ1v) is 6.23. The molecule has 1 unspecified atom stereocenters. The molecule has 0 heterocycles. The smallest absolute Gasteiger partial charge is 0.326 e. The highest BCUT2D eigenvalue weighted by molar-refractivity contribution is 5.93. The van der Waals surface area contributed by atoms with Crippen molar-refractivity contribution in [2.75, 3.05) is 5.32 Å². The van der Waals surface area contributed by atoms with Gasteiger partial charge in [0.25, 0.3) is 0 Å². The quantitative estimate of drug-likeness (QED) is 0.766. The van der Waals surface area contributed by atoms with Crippen LogP contribution in [0.2, 0.25) is 0 Å². The number of carboxylic acids is 1. The normalized spacial score (nSPS) is 11.5. The van der Waals surface area contributed by atoms with Crippen molar-refractivity contribution >= 4 is 17.7 Å². The maximum absolute atomic E-state index is 11.8. The van der Waals surface area contributed by atoms with Gasteiger partial charge in [0, 0.05) is 0 Å². The van der Waals surface area contributed by atoms with Crippen LogP contribution in [0.3, 0.4) is 0 Å². The average Bonchev–Trinajstić information content (AvgIpc) is 2.37. The summed E-state index contributed by atoms with van der Waals surface area (Å²) in [5.41, 5.74) is 0.666. The number of nitrogens with one attached hydrogen (secondary N) is 2. The Labute approximate surface area is 117 Å². The van der Waals surface area contributed by atoms with E-state index in [1.54, 1.807) is 24.3 Å². The summed E-state index contributed by atoms with van der Waals surface area (Å²) in [6, 6.07) is 6.87. The van der Waals surface area contributed by atoms with Gasteiger partial charge in [0.05, 0.1) is 11.3 Å². The van der Waals surface area contributed by atoms with E-state index < -0.39 is 18.0 Å². The number of nitriles is 1. The van der Waals surface area contributed by atoms with Crippen LogP contribution in [-0.4, -0.2) is 23.1 Å². The summed E-state index contributed by atoms with van der Waals surface area (Å²) in [6.07, 6.45) is 0.336. The zero-order chi connectivity index (χ0) is 15.1. The number of carbonyl (C=O) groups excluding carboxylic acids is 1. The SMILES string of the molecule is CC(C)CC(NC(=O)Nc1ccccc1C#N)C(=O)O. The molecule has 2 amide bonds. The minimum atomic E-state index is -1.08. The number of hydrogen-bond acceptors (Lipinski definition) is 3. The number of aliphatic carboxylic acids is 1. The Bertz CT molecular complexity index is 535. The van der Waals surface area contributed by atoms with Crippen LogP contribution in [0.15, 0.2) is 24.3 Å². The van der Waals surface area contributed by atoms with Crippen molar-refractivity contribution in [3.8, 4) is 6.07 Å². The van der Waals surface area contributed by atoms with E-state index in [9.17, 15) is 9.59 Å². The second-order valence-corrected chi connectivity index (χ2v) is 4.78. The predicted octanol–water partition coefficient (Wildman–Crippen LogP) is 2.18. The Hall–Kier alpha value is -2.55. The molecule has 0 bridgehead atoms. The lowest BCUT2D eigenvalue weighted by Crippen LogP contribution is -2.43. The molecule has 0 aromatic heterocycles. The standard InChI is InChI=1S/C14H17N3O3/c1-9(2)7-12(13(18)19)17-14(20)16-11-6-4-3-5-10(11)8-15/h3-6,9,12H,7H2,1-2H3,(H,18,19)(H2,16,17,20). The summed E-state index contributed by atoms with van der Waals surface area (Å²) in [5.74, 6) is -0.940. The van der Waals surface area contributed by atoms with E-state index in [0.29, 0.717) is 17.7 Å². The van der Waals surface area contributed by atoms with Crippen molar-refractivity contribution < 1.29 is 14.7 Å². The first-order chi connectivity index (χ1) is 9.43. The Morgan fingerprint density at radius 2 is 2.00 bits per heavy atom. The van der Waals surface area contributed by atoms with E-state index in [2.05, 4.69) is 10.6 Å². The minimum Gasteiger partial charge on any atom is -0.480 e. The highest BCUT2D eigenvalue weighted by Crippen LogP contribution is 2.13. The number of carboxylic acid groups (broad SMARTS) is 1. The maximum Gasteiger partial charge on any atom is 0.326 e. The van der Waals surface area contributed by atoms with Crippen LogP contribution >= 0.6 is 0 Å². The molecular weight excluding hydrogens is 258 g/mol. The van der Waals surface area contributed by atoms with E-state index >= 15 is 0 Å². The number of benzene rings is 1. The summed E-state index contributed by atoms with van der Waals surface area (Å²) < 4.78 is 0. The Kier molecular flexibility index (Phi) is 5.54. The third-order valence-corrected chi connectivity index (χ3v) is 2.61. The molecule has 0 fully saturated rings. The lowest BCUT2D eigenvalue weighted by atomic mass is 10.0. The zero-order valence-electron chi connectivity index (χ0n) is 11.4. The van der Waals surface area contributed by atoms with Crippen molar-refractivity contribution in [1.29, 1.82) is 5.26 Å². The summed E-state index contributed by atoms with van der Waals surface area (Å²) in [5, 5.41) is 22.8. The second-order valence-electron chi connectivity index (χ2n) is 4.78. The van der Waals surface area contributed by atoms with Gasteiger partial charge in [0.15, 0.2) is 0 Å². The fraction of sp³-hybridized carbons (Fsp3) is 0.357. The molecule has 0 saturated heterocycles. The van der Waals surface area contributed by atoms with Crippen LogP contribution in [0.25, 0.3) is 0 Å². The van der Waals surface area contributed by atoms with Gasteiger partial charge in [-0.2, -0.15) is 5.26 Å². The molecule has 0 aliphatic rings. The van der Waals surface area contributed by atoms with Crippen molar-refractivity contribution in [2.24, 2.45) is 5.92 Å². The van der Waals surface area contributed by atoms with Gasteiger partial charge in [0.2, 0.25) is 0 Å². The fourth-order valence-corrected chi connectivity index (χ4v) is 1.70. The largest absolute Gasteiger partial charge is 0.480 e. The second kappa shape index (κ2) is 7.14. The molecule has 0 radical (unpaired) electrons.